The Morgan fingerprint density at radius 2 is 0.571 bits per heavy atom. The minimum absolute atomic E-state index is 0.0782. The largest absolute Gasteiger partial charge is 0.472 e. The zero-order valence-corrected chi connectivity index (χ0v) is 54.6. The summed E-state index contributed by atoms with van der Waals surface area (Å²) in [6.45, 7) is 4.68. The monoisotopic (exact) mass is 1230 g/mol. The normalized spacial score (nSPS) is 14.5. The van der Waals surface area contributed by atoms with Gasteiger partial charge in [0.05, 0.1) is 26.4 Å². The fraction of sp³-hybridized carbons (Fsp3) is 0.815. The lowest BCUT2D eigenvalue weighted by Gasteiger charge is -2.21. The number of hydrogen-bond acceptors (Lipinski definition) is 15. The van der Waals surface area contributed by atoms with Gasteiger partial charge in [0.25, 0.3) is 0 Å². The van der Waals surface area contributed by atoms with Crippen LogP contribution in [0.5, 0.6) is 0 Å². The highest BCUT2D eigenvalue weighted by Crippen LogP contribution is 2.45. The van der Waals surface area contributed by atoms with Crippen molar-refractivity contribution in [2.24, 2.45) is 0 Å². The van der Waals surface area contributed by atoms with E-state index in [1.165, 1.54) is 57.8 Å². The molecule has 0 bridgehead atoms. The maximum Gasteiger partial charge on any atom is 0.472 e. The number of phosphoric acid groups is 2. The van der Waals surface area contributed by atoms with Crippen LogP contribution < -0.4 is 0 Å². The predicted molar refractivity (Wildman–Crippen MR) is 335 cm³/mol. The van der Waals surface area contributed by atoms with E-state index in [1.807, 2.05) is 0 Å². The van der Waals surface area contributed by atoms with Crippen LogP contribution in [-0.4, -0.2) is 96.7 Å². The van der Waals surface area contributed by atoms with Crippen LogP contribution in [0.1, 0.15) is 285 Å². The second-order valence-electron chi connectivity index (χ2n) is 22.1. The third kappa shape index (κ3) is 58.1. The molecule has 17 nitrogen and oxygen atoms in total. The number of ether oxygens (including phenoxy) is 4. The molecule has 0 amide bonds. The molecule has 3 N–H and O–H groups in total. The first kappa shape index (κ1) is 81.0. The van der Waals surface area contributed by atoms with Crippen LogP contribution in [0, 0.1) is 0 Å². The lowest BCUT2D eigenvalue weighted by atomic mass is 10.1. The smallest absolute Gasteiger partial charge is 0.462 e. The van der Waals surface area contributed by atoms with Crippen molar-refractivity contribution < 1.29 is 80.2 Å². The van der Waals surface area contributed by atoms with Crippen LogP contribution in [0.4, 0.5) is 0 Å². The van der Waals surface area contributed by atoms with Crippen molar-refractivity contribution in [1.29, 1.82) is 0 Å². The molecule has 0 saturated carbocycles. The number of aliphatic hydroxyl groups is 1. The van der Waals surface area contributed by atoms with Gasteiger partial charge in [-0.2, -0.15) is 0 Å². The fourth-order valence-corrected chi connectivity index (χ4v) is 10.3. The molecule has 0 aliphatic carbocycles. The first-order valence-electron chi connectivity index (χ1n) is 32.9. The van der Waals surface area contributed by atoms with Gasteiger partial charge in [0.15, 0.2) is 12.2 Å². The molecule has 0 aliphatic heterocycles. The first-order chi connectivity index (χ1) is 40.7. The Balaban J connectivity index is 5.25. The zero-order valence-electron chi connectivity index (χ0n) is 52.8. The minimum Gasteiger partial charge on any atom is -0.462 e. The van der Waals surface area contributed by atoms with E-state index in [0.29, 0.717) is 25.7 Å². The van der Waals surface area contributed by atoms with Gasteiger partial charge in [-0.15, -0.1) is 0 Å². The third-order valence-electron chi connectivity index (χ3n) is 13.9. The van der Waals surface area contributed by atoms with Gasteiger partial charge >= 0.3 is 39.5 Å². The highest BCUT2D eigenvalue weighted by atomic mass is 31.2. The maximum atomic E-state index is 13.0. The lowest BCUT2D eigenvalue weighted by Crippen LogP contribution is -2.30. The van der Waals surface area contributed by atoms with Gasteiger partial charge in [-0.1, -0.05) is 230 Å². The summed E-state index contributed by atoms with van der Waals surface area (Å²) < 4.78 is 67.7. The molecule has 0 radical (unpaired) electrons. The molecule has 0 rings (SSSR count). The van der Waals surface area contributed by atoms with Gasteiger partial charge in [-0.25, -0.2) is 9.13 Å². The molecule has 0 spiro atoms. The first-order valence-corrected chi connectivity index (χ1v) is 35.9. The van der Waals surface area contributed by atoms with E-state index in [9.17, 15) is 43.2 Å². The number of allylic oxidation sites excluding steroid dienone is 8. The Kier molecular flexibility index (Phi) is 56.9. The summed E-state index contributed by atoms with van der Waals surface area (Å²) in [5.41, 5.74) is 0. The molecule has 5 atom stereocenters. The third-order valence-corrected chi connectivity index (χ3v) is 15.8. The average molecular weight is 1230 g/mol. The Morgan fingerprint density at radius 1 is 0.333 bits per heavy atom. The number of phosphoric ester groups is 2. The number of aliphatic hydroxyl groups excluding tert-OH is 1. The molecular formula is C65H118O17P2. The van der Waals surface area contributed by atoms with Crippen molar-refractivity contribution in [1.82, 2.24) is 0 Å². The molecule has 0 aromatic rings. The van der Waals surface area contributed by atoms with Gasteiger partial charge in [0.1, 0.15) is 19.3 Å². The second kappa shape index (κ2) is 59.0. The van der Waals surface area contributed by atoms with E-state index in [1.54, 1.807) is 0 Å². The summed E-state index contributed by atoms with van der Waals surface area (Å²) in [7, 11) is -9.90. The van der Waals surface area contributed by atoms with Crippen LogP contribution >= 0.6 is 15.6 Å². The van der Waals surface area contributed by atoms with Crippen molar-refractivity contribution in [2.75, 3.05) is 39.6 Å². The van der Waals surface area contributed by atoms with E-state index >= 15 is 0 Å². The summed E-state index contributed by atoms with van der Waals surface area (Å²) in [6, 6.07) is 0. The maximum absolute atomic E-state index is 13.0. The molecular weight excluding hydrogens is 1110 g/mol. The van der Waals surface area contributed by atoms with Crippen molar-refractivity contribution in [3.05, 3.63) is 48.6 Å². The number of rotatable bonds is 62. The van der Waals surface area contributed by atoms with E-state index < -0.39 is 97.5 Å². The highest BCUT2D eigenvalue weighted by Gasteiger charge is 2.30. The molecule has 0 aliphatic rings. The lowest BCUT2D eigenvalue weighted by molar-refractivity contribution is -0.161. The second-order valence-corrected chi connectivity index (χ2v) is 25.0. The number of carbonyl (C=O) groups excluding carboxylic acids is 4. The van der Waals surface area contributed by atoms with Crippen molar-refractivity contribution in [2.45, 2.75) is 303 Å². The Morgan fingerprint density at radius 3 is 0.869 bits per heavy atom. The Labute approximate surface area is 508 Å². The molecule has 19 heteroatoms. The fourth-order valence-electron chi connectivity index (χ4n) is 8.73. The Bertz CT molecular complexity index is 1810. The number of hydrogen-bond donors (Lipinski definition) is 3. The quantitative estimate of drug-likeness (QED) is 0.0169. The molecule has 0 saturated heterocycles. The molecule has 490 valence electrons. The number of carbonyl (C=O) groups is 4. The summed E-state index contributed by atoms with van der Waals surface area (Å²) in [4.78, 5) is 72.0. The molecule has 0 aromatic carbocycles. The van der Waals surface area contributed by atoms with Crippen LogP contribution in [0.15, 0.2) is 48.6 Å². The predicted octanol–water partition coefficient (Wildman–Crippen LogP) is 17.4. The van der Waals surface area contributed by atoms with Crippen LogP contribution in [-0.2, 0) is 65.4 Å². The summed E-state index contributed by atoms with van der Waals surface area (Å²) >= 11 is 0. The van der Waals surface area contributed by atoms with Crippen LogP contribution in [0.3, 0.4) is 0 Å². The SMILES string of the molecule is CCCCCC/C=C\C=C/CCCCCCCC(=O)OC[C@H](COP(=O)(O)OC[C@@H](O)COP(=O)(O)OC[C@@H](COC(=O)CCCCCCCCC)OC(=O)CCCCCCCCC)OC(=O)CCCCCCC/C=C\C=C/CCCCCC. The van der Waals surface area contributed by atoms with Gasteiger partial charge in [0, 0.05) is 25.7 Å². The molecule has 0 heterocycles. The van der Waals surface area contributed by atoms with Crippen LogP contribution in [0.2, 0.25) is 0 Å². The van der Waals surface area contributed by atoms with Gasteiger partial charge in [-0.05, 0) is 77.0 Å². The van der Waals surface area contributed by atoms with Crippen molar-refractivity contribution in [3.63, 3.8) is 0 Å². The van der Waals surface area contributed by atoms with E-state index in [4.69, 9.17) is 37.0 Å². The highest BCUT2D eigenvalue weighted by molar-refractivity contribution is 7.47. The topological polar surface area (TPSA) is 237 Å². The number of esters is 4. The van der Waals surface area contributed by atoms with Crippen LogP contribution in [0.25, 0.3) is 0 Å². The van der Waals surface area contributed by atoms with E-state index in [-0.39, 0.29) is 25.7 Å². The van der Waals surface area contributed by atoms with E-state index in [0.717, 1.165) is 148 Å². The summed E-state index contributed by atoms with van der Waals surface area (Å²) in [5, 5.41) is 10.5. The van der Waals surface area contributed by atoms with Crippen molar-refractivity contribution >= 4 is 39.5 Å². The molecule has 2 unspecified atom stereocenters. The number of unbranched alkanes of at least 4 members (excludes halogenated alkanes) is 30. The molecule has 0 fully saturated rings. The standard InChI is InChI=1S/C65H118O17P2/c1-5-9-13-17-21-23-25-27-29-31-33-35-39-42-46-50-63(68)76-56-61(82-65(70)52-48-44-40-36-34-32-30-28-26-24-22-18-14-10-6-2)58-80-84(73,74)78-54-59(66)53-77-83(71,72)79-57-60(81-64(69)51-47-43-38-20-16-12-8-4)55-75-62(67)49-45-41-37-19-15-11-7-3/h23-30,59-61,66H,5-22,31-58H2,1-4H3,(H,71,72)(H,73,74)/b25-23-,26-24-,29-27-,30-28-/t59-,60+,61+/m0/s1. The summed E-state index contributed by atoms with van der Waals surface area (Å²) in [6.07, 6.45) is 50.5. The molecule has 84 heavy (non-hydrogen) atoms. The van der Waals surface area contributed by atoms with E-state index in [2.05, 4.69) is 76.3 Å². The van der Waals surface area contributed by atoms with Gasteiger partial charge in [0.2, 0.25) is 0 Å². The van der Waals surface area contributed by atoms with Gasteiger partial charge in [-0.3, -0.25) is 37.3 Å². The molecule has 0 aromatic heterocycles. The average Bonchev–Trinajstić information content (AvgIpc) is 3.54. The van der Waals surface area contributed by atoms with Crippen molar-refractivity contribution in [3.8, 4) is 0 Å². The zero-order chi connectivity index (χ0) is 61.9. The Hall–Kier alpha value is -2.98. The minimum atomic E-state index is -4.96. The summed E-state index contributed by atoms with van der Waals surface area (Å²) in [5.74, 6) is -2.20. The van der Waals surface area contributed by atoms with Gasteiger partial charge < -0.3 is 33.8 Å².